The zero-order chi connectivity index (χ0) is 16.2. The molecule has 0 aromatic rings. The molecule has 0 aliphatic carbocycles. The Morgan fingerprint density at radius 1 is 1.27 bits per heavy atom. The number of morpholine rings is 1. The molecule has 0 bridgehead atoms. The first-order chi connectivity index (χ1) is 10.4. The van der Waals surface area contributed by atoms with Gasteiger partial charge in [0.05, 0.1) is 12.7 Å². The first kappa shape index (κ1) is 17.5. The Kier molecular flexibility index (Phi) is 6.06. The Bertz CT molecular complexity index is 362. The van der Waals surface area contributed by atoms with E-state index in [2.05, 4.69) is 4.90 Å². The standard InChI is InChI=1S/C16H31N3O3/c1-16(2,3)22-15(20)19-6-4-13(5-7-19)11-18-8-9-21-14(10-17)12-18/h13-14H,4-12,17H2,1-3H3/t14-/m0/s1. The van der Waals surface area contributed by atoms with Gasteiger partial charge < -0.3 is 20.1 Å². The van der Waals surface area contributed by atoms with Crippen LogP contribution in [0.3, 0.4) is 0 Å². The molecule has 22 heavy (non-hydrogen) atoms. The van der Waals surface area contributed by atoms with Gasteiger partial charge in [0, 0.05) is 39.3 Å². The highest BCUT2D eigenvalue weighted by molar-refractivity contribution is 5.68. The molecule has 2 heterocycles. The third-order valence-corrected chi connectivity index (χ3v) is 4.27. The lowest BCUT2D eigenvalue weighted by Gasteiger charge is -2.38. The Hall–Kier alpha value is -0.850. The second-order valence-corrected chi connectivity index (χ2v) is 7.40. The molecule has 128 valence electrons. The van der Waals surface area contributed by atoms with Gasteiger partial charge in [-0.2, -0.15) is 0 Å². The summed E-state index contributed by atoms with van der Waals surface area (Å²) in [5.74, 6) is 0.648. The minimum Gasteiger partial charge on any atom is -0.444 e. The highest BCUT2D eigenvalue weighted by Gasteiger charge is 2.28. The lowest BCUT2D eigenvalue weighted by molar-refractivity contribution is -0.0313. The number of rotatable bonds is 3. The molecule has 2 aliphatic heterocycles. The normalized spacial score (nSPS) is 25.3. The van der Waals surface area contributed by atoms with Gasteiger partial charge in [0.15, 0.2) is 0 Å². The van der Waals surface area contributed by atoms with Crippen molar-refractivity contribution in [3.8, 4) is 0 Å². The van der Waals surface area contributed by atoms with Crippen LogP contribution in [0.4, 0.5) is 4.79 Å². The van der Waals surface area contributed by atoms with Gasteiger partial charge in [0.1, 0.15) is 5.60 Å². The van der Waals surface area contributed by atoms with Gasteiger partial charge in [-0.1, -0.05) is 0 Å². The van der Waals surface area contributed by atoms with Gasteiger partial charge in [-0.3, -0.25) is 4.90 Å². The van der Waals surface area contributed by atoms with Gasteiger partial charge in [-0.25, -0.2) is 4.79 Å². The molecule has 0 aromatic heterocycles. The maximum Gasteiger partial charge on any atom is 0.410 e. The summed E-state index contributed by atoms with van der Waals surface area (Å²) in [6.45, 7) is 11.7. The van der Waals surface area contributed by atoms with Crippen molar-refractivity contribution in [2.24, 2.45) is 11.7 Å². The smallest absolute Gasteiger partial charge is 0.410 e. The molecule has 0 unspecified atom stereocenters. The highest BCUT2D eigenvalue weighted by Crippen LogP contribution is 2.21. The number of hydrogen-bond acceptors (Lipinski definition) is 5. The molecule has 0 saturated carbocycles. The second-order valence-electron chi connectivity index (χ2n) is 7.40. The number of ether oxygens (including phenoxy) is 2. The first-order valence-corrected chi connectivity index (χ1v) is 8.39. The summed E-state index contributed by atoms with van der Waals surface area (Å²) in [5.41, 5.74) is 5.27. The van der Waals surface area contributed by atoms with E-state index in [4.69, 9.17) is 15.2 Å². The fourth-order valence-electron chi connectivity index (χ4n) is 3.08. The van der Waals surface area contributed by atoms with Gasteiger partial charge in [-0.15, -0.1) is 0 Å². The van der Waals surface area contributed by atoms with Crippen LogP contribution in [-0.2, 0) is 9.47 Å². The Labute approximate surface area is 133 Å². The van der Waals surface area contributed by atoms with Gasteiger partial charge in [-0.05, 0) is 39.5 Å². The van der Waals surface area contributed by atoms with E-state index in [1.807, 2.05) is 25.7 Å². The van der Waals surface area contributed by atoms with Gasteiger partial charge in [0.2, 0.25) is 0 Å². The van der Waals surface area contributed by atoms with E-state index in [0.717, 1.165) is 52.2 Å². The van der Waals surface area contributed by atoms with Crippen molar-refractivity contribution in [3.05, 3.63) is 0 Å². The molecule has 1 atom stereocenters. The Morgan fingerprint density at radius 3 is 2.55 bits per heavy atom. The fraction of sp³-hybridized carbons (Fsp3) is 0.938. The summed E-state index contributed by atoms with van der Waals surface area (Å²) in [6.07, 6.45) is 2.09. The summed E-state index contributed by atoms with van der Waals surface area (Å²) in [6, 6.07) is 0. The van der Waals surface area contributed by atoms with Gasteiger partial charge in [0.25, 0.3) is 0 Å². The number of carbonyl (C=O) groups is 1. The average molecular weight is 313 g/mol. The largest absolute Gasteiger partial charge is 0.444 e. The molecular formula is C16H31N3O3. The lowest BCUT2D eigenvalue weighted by Crippen LogP contribution is -2.49. The van der Waals surface area contributed by atoms with Crippen LogP contribution in [0.15, 0.2) is 0 Å². The maximum absolute atomic E-state index is 12.1. The summed E-state index contributed by atoms with van der Waals surface area (Å²) >= 11 is 0. The molecule has 2 fully saturated rings. The van der Waals surface area contributed by atoms with Crippen molar-refractivity contribution in [2.75, 3.05) is 45.9 Å². The number of nitrogens with two attached hydrogens (primary N) is 1. The molecule has 2 aliphatic rings. The van der Waals surface area contributed by atoms with Crippen LogP contribution >= 0.6 is 0 Å². The molecule has 6 heteroatoms. The topological polar surface area (TPSA) is 68.0 Å². The number of nitrogens with zero attached hydrogens (tertiary/aromatic N) is 2. The van der Waals surface area contributed by atoms with E-state index in [9.17, 15) is 4.79 Å². The number of hydrogen-bond donors (Lipinski definition) is 1. The Morgan fingerprint density at radius 2 is 1.95 bits per heavy atom. The van der Waals surface area contributed by atoms with Crippen LogP contribution in [0.25, 0.3) is 0 Å². The van der Waals surface area contributed by atoms with Crippen LogP contribution in [0.1, 0.15) is 33.6 Å². The minimum absolute atomic E-state index is 0.176. The monoisotopic (exact) mass is 313 g/mol. The summed E-state index contributed by atoms with van der Waals surface area (Å²) in [5, 5.41) is 0. The zero-order valence-corrected chi connectivity index (χ0v) is 14.2. The lowest BCUT2D eigenvalue weighted by atomic mass is 9.96. The summed E-state index contributed by atoms with van der Waals surface area (Å²) in [4.78, 5) is 16.3. The molecule has 0 spiro atoms. The molecule has 1 amide bonds. The van der Waals surface area contributed by atoms with Crippen LogP contribution in [0, 0.1) is 5.92 Å². The van der Waals surface area contributed by atoms with Gasteiger partial charge >= 0.3 is 6.09 Å². The van der Waals surface area contributed by atoms with E-state index in [1.165, 1.54) is 0 Å². The maximum atomic E-state index is 12.1. The molecule has 0 aromatic carbocycles. The van der Waals surface area contributed by atoms with Crippen LogP contribution in [-0.4, -0.2) is 73.5 Å². The van der Waals surface area contributed by atoms with E-state index in [1.54, 1.807) is 0 Å². The quantitative estimate of drug-likeness (QED) is 0.850. The summed E-state index contributed by atoms with van der Waals surface area (Å²) < 4.78 is 11.0. The number of piperidine rings is 1. The predicted molar refractivity (Wildman–Crippen MR) is 85.8 cm³/mol. The van der Waals surface area contributed by atoms with E-state index < -0.39 is 5.60 Å². The molecule has 6 nitrogen and oxygen atoms in total. The molecule has 2 N–H and O–H groups in total. The van der Waals surface area contributed by atoms with E-state index >= 15 is 0 Å². The molecule has 2 rings (SSSR count). The van der Waals surface area contributed by atoms with Crippen molar-refractivity contribution >= 4 is 6.09 Å². The van der Waals surface area contributed by atoms with Crippen molar-refractivity contribution in [1.82, 2.24) is 9.80 Å². The minimum atomic E-state index is -0.418. The number of amides is 1. The zero-order valence-electron chi connectivity index (χ0n) is 14.2. The van der Waals surface area contributed by atoms with Crippen LogP contribution < -0.4 is 5.73 Å². The first-order valence-electron chi connectivity index (χ1n) is 8.39. The van der Waals surface area contributed by atoms with Crippen LogP contribution in [0.5, 0.6) is 0 Å². The van der Waals surface area contributed by atoms with E-state index in [-0.39, 0.29) is 12.2 Å². The summed E-state index contributed by atoms with van der Waals surface area (Å²) in [7, 11) is 0. The number of carbonyl (C=O) groups excluding carboxylic acids is 1. The SMILES string of the molecule is CC(C)(C)OC(=O)N1CCC(CN2CCO[C@@H](CN)C2)CC1. The molecule has 0 radical (unpaired) electrons. The van der Waals surface area contributed by atoms with Crippen LogP contribution in [0.2, 0.25) is 0 Å². The molecule has 2 saturated heterocycles. The molecular weight excluding hydrogens is 282 g/mol. The fourth-order valence-corrected chi connectivity index (χ4v) is 3.08. The average Bonchev–Trinajstić information content (AvgIpc) is 2.46. The van der Waals surface area contributed by atoms with Crippen molar-refractivity contribution < 1.29 is 14.3 Å². The Balaban J connectivity index is 1.72. The number of likely N-dealkylation sites (tertiary alicyclic amines) is 1. The van der Waals surface area contributed by atoms with Crippen molar-refractivity contribution in [3.63, 3.8) is 0 Å². The van der Waals surface area contributed by atoms with Crippen molar-refractivity contribution in [2.45, 2.75) is 45.3 Å². The van der Waals surface area contributed by atoms with Crippen molar-refractivity contribution in [1.29, 1.82) is 0 Å². The third-order valence-electron chi connectivity index (χ3n) is 4.27. The predicted octanol–water partition coefficient (Wildman–Crippen LogP) is 1.29. The van der Waals surface area contributed by atoms with E-state index in [0.29, 0.717) is 12.5 Å². The second kappa shape index (κ2) is 7.62. The highest BCUT2D eigenvalue weighted by atomic mass is 16.6. The third kappa shape index (κ3) is 5.41.